The van der Waals surface area contributed by atoms with Crippen molar-refractivity contribution in [2.24, 2.45) is 4.99 Å². The summed E-state index contributed by atoms with van der Waals surface area (Å²) in [6.07, 6.45) is 2.00. The van der Waals surface area contributed by atoms with E-state index in [0.29, 0.717) is 23.5 Å². The zero-order chi connectivity index (χ0) is 21.4. The van der Waals surface area contributed by atoms with Crippen LogP contribution >= 0.6 is 0 Å². The molecule has 0 bridgehead atoms. The van der Waals surface area contributed by atoms with Crippen molar-refractivity contribution in [1.82, 2.24) is 4.90 Å². The molecule has 0 radical (unpaired) electrons. The lowest BCUT2D eigenvalue weighted by Gasteiger charge is -2.37. The topological polar surface area (TPSA) is 71.4 Å². The number of fused-ring (bicyclic) bond motifs is 3. The molecular formula is C24H28N2O4. The number of rotatable bonds is 4. The maximum atomic E-state index is 12.2. The lowest BCUT2D eigenvalue weighted by atomic mass is 9.74. The van der Waals surface area contributed by atoms with Gasteiger partial charge in [0.1, 0.15) is 0 Å². The maximum absolute atomic E-state index is 12.2. The summed E-state index contributed by atoms with van der Waals surface area (Å²) in [4.78, 5) is 18.9. The second kappa shape index (κ2) is 8.11. The molecule has 1 fully saturated rings. The molecule has 1 N–H and O–H groups in total. The Morgan fingerprint density at radius 3 is 2.37 bits per heavy atom. The number of benzene rings is 2. The van der Waals surface area contributed by atoms with Gasteiger partial charge in [-0.05, 0) is 49.1 Å². The van der Waals surface area contributed by atoms with E-state index in [1.54, 1.807) is 33.2 Å². The van der Waals surface area contributed by atoms with Crippen molar-refractivity contribution in [3.63, 3.8) is 0 Å². The Morgan fingerprint density at radius 2 is 1.73 bits per heavy atom. The number of carbonyl (C=O) groups is 1. The number of aliphatic hydroxyl groups is 1. The van der Waals surface area contributed by atoms with Crippen molar-refractivity contribution in [3.8, 4) is 11.5 Å². The third-order valence-electron chi connectivity index (χ3n) is 6.10. The van der Waals surface area contributed by atoms with E-state index >= 15 is 0 Å². The minimum Gasteiger partial charge on any atom is -0.493 e. The fourth-order valence-corrected chi connectivity index (χ4v) is 4.52. The summed E-state index contributed by atoms with van der Waals surface area (Å²) in [6.45, 7) is 0. The standard InChI is InChI=1S/C24H28N2O4/c1-26(2)24(28)15-7-5-14(6-8-15)23-19-13-22(30-4)21(29-3)12-17(19)18-11-16(27)9-10-20(18)25-23/h5-8,12-13,16,18,20,27H,9-11H2,1-4H3. The molecule has 4 rings (SSSR count). The van der Waals surface area contributed by atoms with E-state index in [4.69, 9.17) is 14.5 Å². The molecule has 0 spiro atoms. The summed E-state index contributed by atoms with van der Waals surface area (Å²) in [7, 11) is 6.75. The summed E-state index contributed by atoms with van der Waals surface area (Å²) in [5, 5.41) is 10.3. The highest BCUT2D eigenvalue weighted by Gasteiger charge is 2.37. The molecule has 3 atom stereocenters. The molecule has 158 valence electrons. The van der Waals surface area contributed by atoms with Crippen molar-refractivity contribution in [3.05, 3.63) is 58.7 Å². The van der Waals surface area contributed by atoms with Gasteiger partial charge in [0.05, 0.1) is 32.1 Å². The van der Waals surface area contributed by atoms with Gasteiger partial charge >= 0.3 is 0 Å². The highest BCUT2D eigenvalue weighted by molar-refractivity contribution is 6.15. The molecule has 6 heteroatoms. The first-order valence-corrected chi connectivity index (χ1v) is 10.3. The Labute approximate surface area is 177 Å². The van der Waals surface area contributed by atoms with Crippen LogP contribution in [0.2, 0.25) is 0 Å². The fourth-order valence-electron chi connectivity index (χ4n) is 4.52. The molecule has 0 aromatic heterocycles. The minimum absolute atomic E-state index is 0.0275. The SMILES string of the molecule is COc1cc2c(cc1OC)C1CC(O)CCC1N=C2c1ccc(C(=O)N(C)C)cc1. The number of amides is 1. The number of aliphatic hydroxyl groups excluding tert-OH is 1. The Morgan fingerprint density at radius 1 is 1.07 bits per heavy atom. The Hall–Kier alpha value is -2.86. The van der Waals surface area contributed by atoms with Gasteiger partial charge in [-0.3, -0.25) is 9.79 Å². The number of aliphatic imine (C=N–C) groups is 1. The number of hydrogen-bond donors (Lipinski definition) is 1. The molecule has 1 aliphatic carbocycles. The first kappa shape index (κ1) is 20.4. The summed E-state index contributed by atoms with van der Waals surface area (Å²) >= 11 is 0. The number of ether oxygens (including phenoxy) is 2. The molecule has 1 aliphatic heterocycles. The summed E-state index contributed by atoms with van der Waals surface area (Å²) in [5.41, 5.74) is 4.63. The van der Waals surface area contributed by atoms with Gasteiger partial charge in [-0.1, -0.05) is 12.1 Å². The van der Waals surface area contributed by atoms with Gasteiger partial charge in [0.2, 0.25) is 0 Å². The van der Waals surface area contributed by atoms with Crippen LogP contribution in [0.25, 0.3) is 0 Å². The molecule has 2 aromatic carbocycles. The van der Waals surface area contributed by atoms with E-state index in [1.807, 2.05) is 36.4 Å². The lowest BCUT2D eigenvalue weighted by Crippen LogP contribution is -2.34. The predicted molar refractivity (Wildman–Crippen MR) is 116 cm³/mol. The van der Waals surface area contributed by atoms with Crippen molar-refractivity contribution in [2.45, 2.75) is 37.3 Å². The third kappa shape index (κ3) is 3.56. The van der Waals surface area contributed by atoms with Gasteiger partial charge in [0.15, 0.2) is 11.5 Å². The van der Waals surface area contributed by atoms with Crippen LogP contribution < -0.4 is 9.47 Å². The second-order valence-electron chi connectivity index (χ2n) is 8.19. The third-order valence-corrected chi connectivity index (χ3v) is 6.10. The molecule has 1 amide bonds. The van der Waals surface area contributed by atoms with Gasteiger partial charge in [0, 0.05) is 36.7 Å². The van der Waals surface area contributed by atoms with E-state index in [0.717, 1.165) is 35.2 Å². The van der Waals surface area contributed by atoms with Gasteiger partial charge in [-0.25, -0.2) is 0 Å². The van der Waals surface area contributed by atoms with Gasteiger partial charge in [-0.15, -0.1) is 0 Å². The number of methoxy groups -OCH3 is 2. The van der Waals surface area contributed by atoms with Crippen molar-refractivity contribution in [1.29, 1.82) is 0 Å². The van der Waals surface area contributed by atoms with E-state index in [-0.39, 0.29) is 24.0 Å². The second-order valence-corrected chi connectivity index (χ2v) is 8.19. The first-order valence-electron chi connectivity index (χ1n) is 10.3. The van der Waals surface area contributed by atoms with E-state index < -0.39 is 0 Å². The summed E-state index contributed by atoms with van der Waals surface area (Å²) in [5.74, 6) is 1.46. The Bertz CT molecular complexity index is 981. The number of carbonyl (C=O) groups excluding carboxylic acids is 1. The van der Waals surface area contributed by atoms with Crippen molar-refractivity contribution < 1.29 is 19.4 Å². The van der Waals surface area contributed by atoms with Crippen LogP contribution in [-0.4, -0.2) is 62.1 Å². The van der Waals surface area contributed by atoms with Crippen molar-refractivity contribution in [2.75, 3.05) is 28.3 Å². The van der Waals surface area contributed by atoms with Crippen LogP contribution in [0.5, 0.6) is 11.5 Å². The molecule has 1 heterocycles. The Balaban J connectivity index is 1.81. The van der Waals surface area contributed by atoms with Crippen LogP contribution in [0.3, 0.4) is 0 Å². The molecule has 30 heavy (non-hydrogen) atoms. The van der Waals surface area contributed by atoms with Gasteiger partial charge in [-0.2, -0.15) is 0 Å². The quantitative estimate of drug-likeness (QED) is 0.843. The number of hydrogen-bond acceptors (Lipinski definition) is 5. The molecular weight excluding hydrogens is 380 g/mol. The summed E-state index contributed by atoms with van der Waals surface area (Å²) in [6, 6.07) is 11.7. The number of nitrogens with zero attached hydrogens (tertiary/aromatic N) is 2. The maximum Gasteiger partial charge on any atom is 0.253 e. The van der Waals surface area contributed by atoms with Crippen LogP contribution in [0.15, 0.2) is 41.4 Å². The van der Waals surface area contributed by atoms with Crippen LogP contribution in [0.1, 0.15) is 52.2 Å². The zero-order valence-electron chi connectivity index (χ0n) is 17.9. The molecule has 1 saturated carbocycles. The molecule has 6 nitrogen and oxygen atoms in total. The van der Waals surface area contributed by atoms with Crippen LogP contribution in [-0.2, 0) is 0 Å². The van der Waals surface area contributed by atoms with E-state index in [2.05, 4.69) is 0 Å². The van der Waals surface area contributed by atoms with E-state index in [1.165, 1.54) is 0 Å². The monoisotopic (exact) mass is 408 g/mol. The fraction of sp³-hybridized carbons (Fsp3) is 0.417. The minimum atomic E-state index is -0.305. The van der Waals surface area contributed by atoms with E-state index in [9.17, 15) is 9.90 Å². The Kier molecular flexibility index (Phi) is 5.52. The van der Waals surface area contributed by atoms with Crippen LogP contribution in [0.4, 0.5) is 0 Å². The van der Waals surface area contributed by atoms with Crippen LogP contribution in [0, 0.1) is 0 Å². The predicted octanol–water partition coefficient (Wildman–Crippen LogP) is 3.25. The highest BCUT2D eigenvalue weighted by Crippen LogP contribution is 2.44. The normalized spacial score (nSPS) is 22.4. The molecule has 0 saturated heterocycles. The molecule has 2 aliphatic rings. The van der Waals surface area contributed by atoms with Crippen molar-refractivity contribution >= 4 is 11.6 Å². The van der Waals surface area contributed by atoms with Gasteiger partial charge < -0.3 is 19.5 Å². The first-order chi connectivity index (χ1) is 14.4. The smallest absolute Gasteiger partial charge is 0.253 e. The largest absolute Gasteiger partial charge is 0.493 e. The zero-order valence-corrected chi connectivity index (χ0v) is 17.9. The lowest BCUT2D eigenvalue weighted by molar-refractivity contribution is 0.0827. The average Bonchev–Trinajstić information content (AvgIpc) is 2.77. The average molecular weight is 408 g/mol. The van der Waals surface area contributed by atoms with Gasteiger partial charge in [0.25, 0.3) is 5.91 Å². The summed E-state index contributed by atoms with van der Waals surface area (Å²) < 4.78 is 11.1. The molecule has 2 aromatic rings. The highest BCUT2D eigenvalue weighted by atomic mass is 16.5. The molecule has 3 unspecified atom stereocenters.